The van der Waals surface area contributed by atoms with Gasteiger partial charge in [-0.1, -0.05) is 59.2 Å². The fourth-order valence-electron chi connectivity index (χ4n) is 9.79. The number of hydrogen-bond acceptors (Lipinski definition) is 9. The first-order valence-electron chi connectivity index (χ1n) is 17.0. The van der Waals surface area contributed by atoms with Gasteiger partial charge in [0.05, 0.1) is 24.2 Å². The van der Waals surface area contributed by atoms with Crippen molar-refractivity contribution in [3.8, 4) is 0 Å². The molecule has 9 atom stereocenters. The lowest BCUT2D eigenvalue weighted by Crippen LogP contribution is -2.80. The van der Waals surface area contributed by atoms with Gasteiger partial charge in [0.25, 0.3) is 0 Å². The molecule has 4 fully saturated rings. The Balaban J connectivity index is 1.67. The summed E-state index contributed by atoms with van der Waals surface area (Å²) in [6, 6.07) is 8.71. The van der Waals surface area contributed by atoms with Crippen LogP contribution in [-0.4, -0.2) is 70.8 Å². The van der Waals surface area contributed by atoms with E-state index in [1.807, 2.05) is 47.6 Å². The monoisotopic (exact) mass is 638 g/mol. The van der Waals surface area contributed by atoms with E-state index in [2.05, 4.69) is 13.8 Å². The highest BCUT2D eigenvalue weighted by atomic mass is 16.8. The van der Waals surface area contributed by atoms with Gasteiger partial charge in [-0.05, 0) is 69.2 Å². The minimum Gasteiger partial charge on any atom is -0.455 e. The number of ketones is 1. The van der Waals surface area contributed by atoms with Crippen molar-refractivity contribution < 1.29 is 43.2 Å². The molecule has 1 N–H and O–H groups in total. The van der Waals surface area contributed by atoms with E-state index in [1.54, 1.807) is 24.3 Å². The minimum absolute atomic E-state index is 0.0436. The van der Waals surface area contributed by atoms with Gasteiger partial charge in [-0.3, -0.25) is 9.59 Å². The van der Waals surface area contributed by atoms with Crippen LogP contribution in [-0.2, 0) is 33.3 Å². The molecule has 2 saturated heterocycles. The average Bonchev–Trinajstić information content (AvgIpc) is 3.29. The van der Waals surface area contributed by atoms with E-state index in [0.717, 1.165) is 6.42 Å². The Bertz CT molecular complexity index is 1430. The largest absolute Gasteiger partial charge is 0.455 e. The Morgan fingerprint density at radius 1 is 1.04 bits per heavy atom. The van der Waals surface area contributed by atoms with Gasteiger partial charge in [0.15, 0.2) is 17.2 Å². The van der Waals surface area contributed by atoms with Crippen LogP contribution in [0.2, 0.25) is 0 Å². The predicted molar refractivity (Wildman–Crippen MR) is 169 cm³/mol. The van der Waals surface area contributed by atoms with Crippen molar-refractivity contribution in [3.05, 3.63) is 47.0 Å². The number of Topliss-reactive ketones (excluding diaryl/α,β-unsaturated/α-hetero) is 1. The smallest absolute Gasteiger partial charge is 0.338 e. The average molecular weight is 639 g/mol. The van der Waals surface area contributed by atoms with Crippen molar-refractivity contribution in [2.24, 2.45) is 22.7 Å². The molecule has 3 aliphatic carbocycles. The lowest BCUT2D eigenvalue weighted by atomic mass is 9.43. The molecule has 2 saturated carbocycles. The molecule has 2 bridgehead atoms. The molecule has 2 aliphatic heterocycles. The Labute approximate surface area is 272 Å². The van der Waals surface area contributed by atoms with Crippen LogP contribution in [0.4, 0.5) is 0 Å². The molecular weight excluding hydrogens is 588 g/mol. The predicted octanol–water partition coefficient (Wildman–Crippen LogP) is 5.72. The van der Waals surface area contributed by atoms with Gasteiger partial charge >= 0.3 is 11.9 Å². The molecule has 2 heterocycles. The van der Waals surface area contributed by atoms with Crippen LogP contribution in [0.25, 0.3) is 0 Å². The van der Waals surface area contributed by atoms with Crippen LogP contribution in [0.15, 0.2) is 41.5 Å². The number of ether oxygens (including phenoxy) is 5. The Hall–Kier alpha value is -2.59. The lowest BCUT2D eigenvalue weighted by molar-refractivity contribution is -0.356. The fourth-order valence-corrected chi connectivity index (χ4v) is 9.79. The van der Waals surface area contributed by atoms with Gasteiger partial charge in [-0.25, -0.2) is 4.79 Å². The number of carbonyl (C=O) groups is 3. The summed E-state index contributed by atoms with van der Waals surface area (Å²) in [6.07, 6.45) is -0.694. The SMILES string of the molecule is CCCC(=O)O[C@@]12CO[C@@H]1C[C@H](CC)[C@@]1(C)[C@@H]3OC(C)(C)O[C@@H]3C3=C(C)C(=O)CC[C@@](O)([C@@H](OC(=O)c4ccccc4)[C@H]21)C3(C)C. The summed E-state index contributed by atoms with van der Waals surface area (Å²) in [5.41, 5.74) is -3.37. The van der Waals surface area contributed by atoms with Crippen molar-refractivity contribution in [1.82, 2.24) is 0 Å². The van der Waals surface area contributed by atoms with Gasteiger partial charge < -0.3 is 28.8 Å². The Kier molecular flexibility index (Phi) is 8.15. The second-order valence-electron chi connectivity index (χ2n) is 15.3. The van der Waals surface area contributed by atoms with Crippen molar-refractivity contribution >= 4 is 17.7 Å². The van der Waals surface area contributed by atoms with Gasteiger partial charge in [0.1, 0.15) is 23.9 Å². The quantitative estimate of drug-likeness (QED) is 0.391. The highest BCUT2D eigenvalue weighted by Gasteiger charge is 2.78. The number of esters is 2. The second kappa shape index (κ2) is 11.2. The summed E-state index contributed by atoms with van der Waals surface area (Å²) in [4.78, 5) is 41.4. The first-order chi connectivity index (χ1) is 21.6. The standard InChI is InChI=1S/C37H50O9/c1-9-14-26(39)44-36-20-42-25(36)19-23(10-2)35(8)29(36)31(43-32(40)22-15-12-11-13-16-22)37(41)18-17-24(38)21(3)27(33(37,4)5)28-30(35)46-34(6,7)45-28/h11-13,15-16,23,25,28-31,41H,9-10,14,17-20H2,1-8H3/t23-,25+,28+,29-,30+,31-,35+,36-,37+/m0/s1. The molecule has 1 aromatic rings. The van der Waals surface area contributed by atoms with E-state index in [1.165, 1.54) is 0 Å². The minimum atomic E-state index is -1.76. The maximum Gasteiger partial charge on any atom is 0.338 e. The fraction of sp³-hybridized carbons (Fsp3) is 0.703. The Morgan fingerprint density at radius 2 is 1.74 bits per heavy atom. The molecule has 46 heavy (non-hydrogen) atoms. The maximum absolute atomic E-state index is 14.1. The van der Waals surface area contributed by atoms with E-state index in [-0.39, 0.29) is 43.5 Å². The summed E-state index contributed by atoms with van der Waals surface area (Å²) in [5, 5.41) is 13.4. The zero-order valence-corrected chi connectivity index (χ0v) is 28.5. The van der Waals surface area contributed by atoms with Crippen LogP contribution in [0.3, 0.4) is 0 Å². The summed E-state index contributed by atoms with van der Waals surface area (Å²) >= 11 is 0. The van der Waals surface area contributed by atoms with Crippen LogP contribution in [0.5, 0.6) is 0 Å². The second-order valence-corrected chi connectivity index (χ2v) is 15.3. The highest BCUT2D eigenvalue weighted by molar-refractivity contribution is 5.96. The highest BCUT2D eigenvalue weighted by Crippen LogP contribution is 2.68. The van der Waals surface area contributed by atoms with Crippen molar-refractivity contribution in [2.45, 2.75) is 135 Å². The molecule has 0 unspecified atom stereocenters. The third-order valence-corrected chi connectivity index (χ3v) is 12.2. The van der Waals surface area contributed by atoms with Crippen LogP contribution >= 0.6 is 0 Å². The molecule has 0 amide bonds. The van der Waals surface area contributed by atoms with E-state index in [4.69, 9.17) is 23.7 Å². The number of allylic oxidation sites excluding steroid dienone is 1. The van der Waals surface area contributed by atoms with Gasteiger partial charge in [-0.2, -0.15) is 0 Å². The zero-order chi connectivity index (χ0) is 33.4. The van der Waals surface area contributed by atoms with Crippen molar-refractivity contribution in [1.29, 1.82) is 0 Å². The van der Waals surface area contributed by atoms with Gasteiger partial charge in [0, 0.05) is 23.7 Å². The van der Waals surface area contributed by atoms with Crippen LogP contribution in [0, 0.1) is 22.7 Å². The molecule has 0 radical (unpaired) electrons. The molecule has 9 heteroatoms. The number of hydrogen-bond donors (Lipinski definition) is 1. The van der Waals surface area contributed by atoms with E-state index in [0.29, 0.717) is 29.6 Å². The molecule has 5 aliphatic rings. The van der Waals surface area contributed by atoms with Gasteiger partial charge in [0.2, 0.25) is 0 Å². The third-order valence-electron chi connectivity index (χ3n) is 12.2. The molecule has 252 valence electrons. The number of aliphatic hydroxyl groups is 1. The summed E-state index contributed by atoms with van der Waals surface area (Å²) in [5.74, 6) is -2.86. The first kappa shape index (κ1) is 33.3. The van der Waals surface area contributed by atoms with E-state index >= 15 is 0 Å². The molecule has 6 rings (SSSR count). The van der Waals surface area contributed by atoms with E-state index in [9.17, 15) is 19.5 Å². The van der Waals surface area contributed by atoms with Crippen molar-refractivity contribution in [3.63, 3.8) is 0 Å². The molecule has 1 aromatic carbocycles. The number of fused-ring (bicyclic) bond motifs is 8. The third kappa shape index (κ3) is 4.66. The maximum atomic E-state index is 14.1. The zero-order valence-electron chi connectivity index (χ0n) is 28.5. The number of rotatable bonds is 6. The van der Waals surface area contributed by atoms with Crippen molar-refractivity contribution in [2.75, 3.05) is 6.61 Å². The van der Waals surface area contributed by atoms with Crippen LogP contribution in [0.1, 0.15) is 104 Å². The number of carbonyl (C=O) groups excluding carboxylic acids is 3. The van der Waals surface area contributed by atoms with E-state index < -0.39 is 64.1 Å². The summed E-state index contributed by atoms with van der Waals surface area (Å²) in [7, 11) is 0. The normalized spacial score (nSPS) is 40.7. The molecule has 9 nitrogen and oxygen atoms in total. The topological polar surface area (TPSA) is 118 Å². The lowest BCUT2D eigenvalue weighted by Gasteiger charge is -2.69. The van der Waals surface area contributed by atoms with Gasteiger partial charge in [-0.15, -0.1) is 0 Å². The summed E-state index contributed by atoms with van der Waals surface area (Å²) < 4.78 is 33.1. The van der Waals surface area contributed by atoms with Crippen LogP contribution < -0.4 is 0 Å². The molecular formula is C37H50O9. The molecule has 0 spiro atoms. The molecule has 0 aromatic heterocycles. The number of benzene rings is 1. The Morgan fingerprint density at radius 3 is 2.35 bits per heavy atom. The summed E-state index contributed by atoms with van der Waals surface area (Å²) in [6.45, 7) is 15.6. The first-order valence-corrected chi connectivity index (χ1v) is 17.0.